The summed E-state index contributed by atoms with van der Waals surface area (Å²) in [6.07, 6.45) is 0.555. The highest BCUT2D eigenvalue weighted by Gasteiger charge is 2.32. The molecule has 2 aromatic rings. The Morgan fingerprint density at radius 3 is 2.70 bits per heavy atom. The van der Waals surface area contributed by atoms with Gasteiger partial charge in [0.05, 0.1) is 18.3 Å². The minimum absolute atomic E-state index is 0.000335. The summed E-state index contributed by atoms with van der Waals surface area (Å²) in [4.78, 5) is 29.3. The summed E-state index contributed by atoms with van der Waals surface area (Å²) in [6, 6.07) is 16.0. The Kier molecular flexibility index (Phi) is 6.04. The number of fused-ring (bicyclic) bond motifs is 2. The molecule has 1 N–H and O–H groups in total. The van der Waals surface area contributed by atoms with Gasteiger partial charge in [-0.3, -0.25) is 14.5 Å². The van der Waals surface area contributed by atoms with Crippen LogP contribution in [0.4, 0.5) is 5.69 Å². The van der Waals surface area contributed by atoms with Gasteiger partial charge in [0.25, 0.3) is 0 Å². The number of hydrogen-bond donors (Lipinski definition) is 1. The molecule has 0 bridgehead atoms. The summed E-state index contributed by atoms with van der Waals surface area (Å²) < 4.78 is 6.13. The van der Waals surface area contributed by atoms with Crippen LogP contribution < -0.4 is 10.1 Å². The molecule has 4 rings (SSSR count). The van der Waals surface area contributed by atoms with Gasteiger partial charge in [-0.05, 0) is 29.2 Å². The molecule has 2 aromatic carbocycles. The lowest BCUT2D eigenvalue weighted by molar-refractivity contribution is -0.135. The number of ether oxygens (including phenoxy) is 1. The van der Waals surface area contributed by atoms with E-state index in [1.54, 1.807) is 0 Å². The molecule has 0 spiro atoms. The lowest BCUT2D eigenvalue weighted by Crippen LogP contribution is -2.58. The first kappa shape index (κ1) is 20.4. The molecule has 2 aliphatic heterocycles. The SMILES string of the molecule is CC(C)CC(=O)N1CCN2CC(=O)Nc3cc(-c4ccccc4)ccc3OC[C@@H]2C1. The van der Waals surface area contributed by atoms with Gasteiger partial charge >= 0.3 is 0 Å². The van der Waals surface area contributed by atoms with Crippen molar-refractivity contribution >= 4 is 17.5 Å². The highest BCUT2D eigenvalue weighted by Crippen LogP contribution is 2.32. The number of amides is 2. The standard InChI is InChI=1S/C24H29N3O3/c1-17(2)12-24(29)27-11-10-26-15-23(28)25-21-13-19(18-6-4-3-5-7-18)8-9-22(21)30-16-20(26)14-27/h3-9,13,17,20H,10-12,14-16H2,1-2H3,(H,25,28)/t20-/m0/s1. The number of carbonyl (C=O) groups excluding carboxylic acids is 2. The van der Waals surface area contributed by atoms with Crippen LogP contribution in [0.25, 0.3) is 11.1 Å². The van der Waals surface area contributed by atoms with Gasteiger partial charge < -0.3 is 15.0 Å². The smallest absolute Gasteiger partial charge is 0.238 e. The molecule has 1 saturated heterocycles. The summed E-state index contributed by atoms with van der Waals surface area (Å²) in [5.41, 5.74) is 2.81. The van der Waals surface area contributed by atoms with Crippen LogP contribution in [-0.4, -0.2) is 60.4 Å². The van der Waals surface area contributed by atoms with E-state index < -0.39 is 0 Å². The first-order valence-electron chi connectivity index (χ1n) is 10.6. The molecule has 0 saturated carbocycles. The lowest BCUT2D eigenvalue weighted by atomic mass is 10.0. The fraction of sp³-hybridized carbons (Fsp3) is 0.417. The largest absolute Gasteiger partial charge is 0.490 e. The normalized spacial score (nSPS) is 19.6. The van der Waals surface area contributed by atoms with Crippen molar-refractivity contribution in [2.24, 2.45) is 5.92 Å². The number of rotatable bonds is 3. The van der Waals surface area contributed by atoms with Crippen LogP contribution in [0.5, 0.6) is 5.75 Å². The van der Waals surface area contributed by atoms with Gasteiger partial charge in [0.15, 0.2) is 0 Å². The second-order valence-corrected chi connectivity index (χ2v) is 8.50. The van der Waals surface area contributed by atoms with E-state index in [0.717, 1.165) is 11.1 Å². The highest BCUT2D eigenvalue weighted by atomic mass is 16.5. The van der Waals surface area contributed by atoms with E-state index in [1.807, 2.05) is 53.4 Å². The number of piperazine rings is 1. The Balaban J connectivity index is 1.53. The average molecular weight is 408 g/mol. The summed E-state index contributed by atoms with van der Waals surface area (Å²) in [5.74, 6) is 1.13. The van der Waals surface area contributed by atoms with Crippen LogP contribution in [0.3, 0.4) is 0 Å². The van der Waals surface area contributed by atoms with Crippen LogP contribution in [0.15, 0.2) is 48.5 Å². The van der Waals surface area contributed by atoms with E-state index in [2.05, 4.69) is 24.1 Å². The zero-order valence-electron chi connectivity index (χ0n) is 17.6. The summed E-state index contributed by atoms with van der Waals surface area (Å²) in [6.45, 7) is 6.78. The minimum Gasteiger partial charge on any atom is -0.490 e. The van der Waals surface area contributed by atoms with Crippen LogP contribution >= 0.6 is 0 Å². The topological polar surface area (TPSA) is 61.9 Å². The van der Waals surface area contributed by atoms with Gasteiger partial charge in [0.2, 0.25) is 11.8 Å². The monoisotopic (exact) mass is 407 g/mol. The third-order valence-electron chi connectivity index (χ3n) is 5.68. The number of carbonyl (C=O) groups is 2. The molecule has 0 aromatic heterocycles. The van der Waals surface area contributed by atoms with Crippen molar-refractivity contribution in [3.05, 3.63) is 48.5 Å². The maximum absolute atomic E-state index is 12.7. The lowest BCUT2D eigenvalue weighted by Gasteiger charge is -2.40. The number of nitrogens with zero attached hydrogens (tertiary/aromatic N) is 2. The van der Waals surface area contributed by atoms with Gasteiger partial charge in [-0.1, -0.05) is 50.2 Å². The zero-order valence-corrected chi connectivity index (χ0v) is 17.6. The first-order chi connectivity index (χ1) is 14.5. The van der Waals surface area contributed by atoms with Crippen molar-refractivity contribution in [3.63, 3.8) is 0 Å². The minimum atomic E-state index is -0.0566. The molecule has 0 aliphatic carbocycles. The van der Waals surface area contributed by atoms with Gasteiger partial charge in [0, 0.05) is 26.1 Å². The summed E-state index contributed by atoms with van der Waals surface area (Å²) in [7, 11) is 0. The zero-order chi connectivity index (χ0) is 21.1. The Morgan fingerprint density at radius 1 is 1.13 bits per heavy atom. The second kappa shape index (κ2) is 8.88. The van der Waals surface area contributed by atoms with Crippen molar-refractivity contribution in [3.8, 4) is 16.9 Å². The molecule has 1 atom stereocenters. The molecular formula is C24H29N3O3. The van der Waals surface area contributed by atoms with Crippen molar-refractivity contribution in [2.75, 3.05) is 38.1 Å². The Hall–Kier alpha value is -2.86. The molecule has 2 amide bonds. The fourth-order valence-corrected chi connectivity index (χ4v) is 4.09. The second-order valence-electron chi connectivity index (χ2n) is 8.50. The molecular weight excluding hydrogens is 378 g/mol. The molecule has 30 heavy (non-hydrogen) atoms. The van der Waals surface area contributed by atoms with E-state index in [9.17, 15) is 9.59 Å². The average Bonchev–Trinajstić information content (AvgIpc) is 2.79. The van der Waals surface area contributed by atoms with E-state index in [4.69, 9.17) is 4.74 Å². The molecule has 2 aliphatic rings. The van der Waals surface area contributed by atoms with Gasteiger partial charge in [-0.15, -0.1) is 0 Å². The molecule has 6 nitrogen and oxygen atoms in total. The number of nitrogens with one attached hydrogen (secondary N) is 1. The van der Waals surface area contributed by atoms with Gasteiger partial charge in [-0.25, -0.2) is 0 Å². The molecule has 158 valence electrons. The van der Waals surface area contributed by atoms with Crippen LogP contribution in [0.1, 0.15) is 20.3 Å². The van der Waals surface area contributed by atoms with E-state index in [0.29, 0.717) is 56.6 Å². The molecule has 2 heterocycles. The number of benzene rings is 2. The summed E-state index contributed by atoms with van der Waals surface area (Å²) in [5, 5.41) is 3.02. The van der Waals surface area contributed by atoms with Crippen molar-refractivity contribution < 1.29 is 14.3 Å². The Labute approximate surface area is 177 Å². The predicted octanol–water partition coefficient (Wildman–Crippen LogP) is 3.24. The number of hydrogen-bond acceptors (Lipinski definition) is 4. The quantitative estimate of drug-likeness (QED) is 0.849. The Bertz CT molecular complexity index is 913. The van der Waals surface area contributed by atoms with Crippen molar-refractivity contribution in [1.29, 1.82) is 0 Å². The first-order valence-corrected chi connectivity index (χ1v) is 10.6. The van der Waals surface area contributed by atoms with Gasteiger partial charge in [-0.2, -0.15) is 0 Å². The molecule has 1 fully saturated rings. The van der Waals surface area contributed by atoms with Crippen molar-refractivity contribution in [2.45, 2.75) is 26.3 Å². The van der Waals surface area contributed by atoms with Crippen molar-refractivity contribution in [1.82, 2.24) is 9.80 Å². The maximum atomic E-state index is 12.7. The molecule has 0 unspecified atom stereocenters. The van der Waals surface area contributed by atoms with Crippen LogP contribution in [0, 0.1) is 5.92 Å². The third-order valence-corrected chi connectivity index (χ3v) is 5.68. The predicted molar refractivity (Wildman–Crippen MR) is 117 cm³/mol. The van der Waals surface area contributed by atoms with Crippen LogP contribution in [-0.2, 0) is 9.59 Å². The Morgan fingerprint density at radius 2 is 1.93 bits per heavy atom. The molecule has 0 radical (unpaired) electrons. The fourth-order valence-electron chi connectivity index (χ4n) is 4.09. The van der Waals surface area contributed by atoms with E-state index in [-0.39, 0.29) is 17.9 Å². The van der Waals surface area contributed by atoms with E-state index >= 15 is 0 Å². The molecule has 6 heteroatoms. The van der Waals surface area contributed by atoms with Crippen LogP contribution in [0.2, 0.25) is 0 Å². The third kappa shape index (κ3) is 4.65. The van der Waals surface area contributed by atoms with E-state index in [1.165, 1.54) is 0 Å². The van der Waals surface area contributed by atoms with Gasteiger partial charge in [0.1, 0.15) is 12.4 Å². The number of anilines is 1. The maximum Gasteiger partial charge on any atom is 0.238 e. The highest BCUT2D eigenvalue weighted by molar-refractivity contribution is 5.94. The summed E-state index contributed by atoms with van der Waals surface area (Å²) >= 11 is 0.